The Morgan fingerprint density at radius 2 is 2.12 bits per heavy atom. The van der Waals surface area contributed by atoms with Crippen molar-refractivity contribution in [2.45, 2.75) is 38.7 Å². The number of rotatable bonds is 7. The number of hydrogen-bond acceptors (Lipinski definition) is 4. The van der Waals surface area contributed by atoms with Crippen LogP contribution in [0.5, 0.6) is 0 Å². The van der Waals surface area contributed by atoms with E-state index in [2.05, 4.69) is 27.9 Å². The standard InChI is InChI=1S/C17H26N4O3/c1-13-5-2-3-7-15(13)24-10-9-19-17(23)20-12-16(22)21-14-6-4-8-18-11-14/h4,6,8,11,13,15H,2-3,5,7,9-10,12H2,1H3,(H,21,22)(H2,19,20,23). The maximum Gasteiger partial charge on any atom is 0.315 e. The van der Waals surface area contributed by atoms with Gasteiger partial charge in [0.1, 0.15) is 0 Å². The minimum absolute atomic E-state index is 0.0960. The van der Waals surface area contributed by atoms with Gasteiger partial charge < -0.3 is 20.7 Å². The first-order valence-electron chi connectivity index (χ1n) is 8.48. The average molecular weight is 334 g/mol. The van der Waals surface area contributed by atoms with Crippen LogP contribution >= 0.6 is 0 Å². The molecule has 0 bridgehead atoms. The first kappa shape index (κ1) is 18.2. The number of pyridine rings is 1. The summed E-state index contributed by atoms with van der Waals surface area (Å²) in [4.78, 5) is 27.2. The van der Waals surface area contributed by atoms with Gasteiger partial charge in [0.15, 0.2) is 0 Å². The monoisotopic (exact) mass is 334 g/mol. The lowest BCUT2D eigenvalue weighted by molar-refractivity contribution is -0.115. The number of anilines is 1. The number of nitrogens with one attached hydrogen (secondary N) is 3. The van der Waals surface area contributed by atoms with Gasteiger partial charge in [0.2, 0.25) is 5.91 Å². The van der Waals surface area contributed by atoms with Crippen molar-refractivity contribution in [3.63, 3.8) is 0 Å². The zero-order valence-corrected chi connectivity index (χ0v) is 14.1. The van der Waals surface area contributed by atoms with Gasteiger partial charge in [-0.25, -0.2) is 4.79 Å². The first-order valence-corrected chi connectivity index (χ1v) is 8.48. The fourth-order valence-electron chi connectivity index (χ4n) is 2.77. The summed E-state index contributed by atoms with van der Waals surface area (Å²) < 4.78 is 5.82. The molecule has 1 fully saturated rings. The van der Waals surface area contributed by atoms with Crippen molar-refractivity contribution in [2.75, 3.05) is 25.0 Å². The Morgan fingerprint density at radius 1 is 1.29 bits per heavy atom. The number of carbonyl (C=O) groups is 2. The van der Waals surface area contributed by atoms with Gasteiger partial charge in [0.25, 0.3) is 0 Å². The summed E-state index contributed by atoms with van der Waals surface area (Å²) in [5.41, 5.74) is 0.597. The molecule has 7 heteroatoms. The molecule has 0 spiro atoms. The molecule has 0 aromatic carbocycles. The molecule has 1 saturated carbocycles. The maximum atomic E-state index is 11.7. The van der Waals surface area contributed by atoms with Crippen molar-refractivity contribution in [3.05, 3.63) is 24.5 Å². The molecule has 1 heterocycles. The van der Waals surface area contributed by atoms with E-state index in [1.807, 2.05) is 0 Å². The van der Waals surface area contributed by atoms with Crippen LogP contribution in [0, 0.1) is 5.92 Å². The van der Waals surface area contributed by atoms with Gasteiger partial charge in [0, 0.05) is 12.7 Å². The highest BCUT2D eigenvalue weighted by Crippen LogP contribution is 2.25. The minimum atomic E-state index is -0.378. The predicted molar refractivity (Wildman–Crippen MR) is 91.6 cm³/mol. The number of nitrogens with zero attached hydrogens (tertiary/aromatic N) is 1. The van der Waals surface area contributed by atoms with E-state index in [0.717, 1.165) is 6.42 Å². The lowest BCUT2D eigenvalue weighted by atomic mass is 9.88. The van der Waals surface area contributed by atoms with Crippen molar-refractivity contribution < 1.29 is 14.3 Å². The third-order valence-corrected chi connectivity index (χ3v) is 4.11. The highest BCUT2D eigenvalue weighted by atomic mass is 16.5. The lowest BCUT2D eigenvalue weighted by Crippen LogP contribution is -2.41. The second kappa shape index (κ2) is 9.87. The van der Waals surface area contributed by atoms with E-state index in [1.165, 1.54) is 19.3 Å². The number of ether oxygens (including phenoxy) is 1. The Bertz CT molecular complexity index is 524. The van der Waals surface area contributed by atoms with E-state index in [9.17, 15) is 9.59 Å². The molecule has 2 atom stereocenters. The molecule has 1 aliphatic carbocycles. The van der Waals surface area contributed by atoms with E-state index >= 15 is 0 Å². The SMILES string of the molecule is CC1CCCCC1OCCNC(=O)NCC(=O)Nc1cccnc1. The number of carbonyl (C=O) groups excluding carboxylic acids is 2. The van der Waals surface area contributed by atoms with Crippen molar-refractivity contribution in [2.24, 2.45) is 5.92 Å². The molecule has 3 N–H and O–H groups in total. The fourth-order valence-corrected chi connectivity index (χ4v) is 2.77. The molecule has 2 rings (SSSR count). The van der Waals surface area contributed by atoms with E-state index < -0.39 is 0 Å². The van der Waals surface area contributed by atoms with Crippen LogP contribution in [-0.2, 0) is 9.53 Å². The zero-order valence-electron chi connectivity index (χ0n) is 14.1. The summed E-state index contributed by atoms with van der Waals surface area (Å²) >= 11 is 0. The summed E-state index contributed by atoms with van der Waals surface area (Å²) in [6, 6.07) is 3.08. The van der Waals surface area contributed by atoms with Crippen LogP contribution in [0.15, 0.2) is 24.5 Å². The second-order valence-corrected chi connectivity index (χ2v) is 6.07. The van der Waals surface area contributed by atoms with Crippen LogP contribution in [0.1, 0.15) is 32.6 Å². The summed E-state index contributed by atoms with van der Waals surface area (Å²) in [6.07, 6.45) is 8.28. The van der Waals surface area contributed by atoms with Crippen LogP contribution in [0.3, 0.4) is 0 Å². The molecular weight excluding hydrogens is 308 g/mol. The van der Waals surface area contributed by atoms with E-state index in [4.69, 9.17) is 4.74 Å². The zero-order chi connectivity index (χ0) is 17.2. The average Bonchev–Trinajstić information content (AvgIpc) is 2.59. The van der Waals surface area contributed by atoms with Crippen molar-refractivity contribution in [1.82, 2.24) is 15.6 Å². The Morgan fingerprint density at radius 3 is 2.88 bits per heavy atom. The largest absolute Gasteiger partial charge is 0.376 e. The molecule has 1 aliphatic rings. The maximum absolute atomic E-state index is 11.7. The molecule has 7 nitrogen and oxygen atoms in total. The van der Waals surface area contributed by atoms with Gasteiger partial charge >= 0.3 is 6.03 Å². The van der Waals surface area contributed by atoms with Gasteiger partial charge in [-0.1, -0.05) is 19.8 Å². The molecule has 2 unspecified atom stereocenters. The van der Waals surface area contributed by atoms with E-state index in [0.29, 0.717) is 30.9 Å². The summed E-state index contributed by atoms with van der Waals surface area (Å²) in [7, 11) is 0. The molecule has 0 aliphatic heterocycles. The number of aromatic nitrogens is 1. The minimum Gasteiger partial charge on any atom is -0.376 e. The normalized spacial score (nSPS) is 20.2. The summed E-state index contributed by atoms with van der Waals surface area (Å²) in [5.74, 6) is 0.286. The van der Waals surface area contributed by atoms with Crippen molar-refractivity contribution in [3.8, 4) is 0 Å². The molecule has 1 aromatic heterocycles. The second-order valence-electron chi connectivity index (χ2n) is 6.07. The Labute approximate surface area is 142 Å². The van der Waals surface area contributed by atoms with E-state index in [-0.39, 0.29) is 18.5 Å². The summed E-state index contributed by atoms with van der Waals surface area (Å²) in [6.45, 7) is 3.04. The van der Waals surface area contributed by atoms with Crippen LogP contribution in [0.2, 0.25) is 0 Å². The summed E-state index contributed by atoms with van der Waals surface area (Å²) in [5, 5.41) is 7.84. The van der Waals surface area contributed by atoms with Gasteiger partial charge in [-0.05, 0) is 30.9 Å². The highest BCUT2D eigenvalue weighted by molar-refractivity contribution is 5.94. The van der Waals surface area contributed by atoms with E-state index in [1.54, 1.807) is 24.5 Å². The molecule has 132 valence electrons. The Hall–Kier alpha value is -2.15. The molecule has 3 amide bonds. The molecular formula is C17H26N4O3. The molecule has 1 aromatic rings. The van der Waals surface area contributed by atoms with Crippen LogP contribution < -0.4 is 16.0 Å². The molecule has 0 radical (unpaired) electrons. The highest BCUT2D eigenvalue weighted by Gasteiger charge is 2.21. The van der Waals surface area contributed by atoms with Crippen molar-refractivity contribution in [1.29, 1.82) is 0 Å². The lowest BCUT2D eigenvalue weighted by Gasteiger charge is -2.28. The van der Waals surface area contributed by atoms with Gasteiger partial charge in [-0.15, -0.1) is 0 Å². The van der Waals surface area contributed by atoms with Crippen LogP contribution in [0.4, 0.5) is 10.5 Å². The smallest absolute Gasteiger partial charge is 0.315 e. The number of hydrogen-bond donors (Lipinski definition) is 3. The quantitative estimate of drug-likeness (QED) is 0.664. The number of amides is 3. The first-order chi connectivity index (χ1) is 11.6. The molecule has 0 saturated heterocycles. The van der Waals surface area contributed by atoms with Gasteiger partial charge in [-0.2, -0.15) is 0 Å². The van der Waals surface area contributed by atoms with Crippen LogP contribution in [-0.4, -0.2) is 42.7 Å². The van der Waals surface area contributed by atoms with Gasteiger partial charge in [0.05, 0.1) is 31.1 Å². The number of urea groups is 1. The topological polar surface area (TPSA) is 92.4 Å². The Kier molecular flexibility index (Phi) is 7.48. The van der Waals surface area contributed by atoms with Crippen molar-refractivity contribution >= 4 is 17.6 Å². The Balaban J connectivity index is 1.54. The van der Waals surface area contributed by atoms with Gasteiger partial charge in [-0.3, -0.25) is 9.78 Å². The fraction of sp³-hybridized carbons (Fsp3) is 0.588. The third kappa shape index (κ3) is 6.54. The third-order valence-electron chi connectivity index (χ3n) is 4.11. The molecule has 24 heavy (non-hydrogen) atoms. The van der Waals surface area contributed by atoms with Crippen LogP contribution in [0.25, 0.3) is 0 Å². The predicted octanol–water partition coefficient (Wildman–Crippen LogP) is 1.91.